The number of amides is 1. The van der Waals surface area contributed by atoms with E-state index in [1.54, 1.807) is 24.3 Å². The Bertz CT molecular complexity index is 994. The number of aliphatic hydroxyl groups is 1. The number of para-hydroxylation sites is 1. The van der Waals surface area contributed by atoms with Crippen molar-refractivity contribution in [2.75, 3.05) is 13.2 Å². The Hall–Kier alpha value is -3.28. The van der Waals surface area contributed by atoms with Gasteiger partial charge < -0.3 is 19.5 Å². The zero-order valence-electron chi connectivity index (χ0n) is 19.1. The zero-order valence-corrected chi connectivity index (χ0v) is 19.1. The first-order valence-corrected chi connectivity index (χ1v) is 11.2. The number of nitrogens with zero attached hydrogens (tertiary/aromatic N) is 1. The summed E-state index contributed by atoms with van der Waals surface area (Å²) in [5, 5.41) is 11.2. The number of benzene rings is 2. The maximum Gasteiger partial charge on any atom is 0.295 e. The molecule has 3 rings (SSSR count). The number of carbonyl (C=O) groups excluding carboxylic acids is 2. The fourth-order valence-electron chi connectivity index (χ4n) is 3.83. The number of ether oxygens (including phenoxy) is 2. The highest BCUT2D eigenvalue weighted by Gasteiger charge is 2.46. The lowest BCUT2D eigenvalue weighted by Crippen LogP contribution is -2.30. The van der Waals surface area contributed by atoms with Gasteiger partial charge in [0.1, 0.15) is 17.3 Å². The van der Waals surface area contributed by atoms with E-state index in [-0.39, 0.29) is 17.4 Å². The van der Waals surface area contributed by atoms with Crippen LogP contribution < -0.4 is 9.47 Å². The molecule has 1 atom stereocenters. The number of ketones is 1. The van der Waals surface area contributed by atoms with Gasteiger partial charge in [-0.05, 0) is 57.0 Å². The molecule has 1 fully saturated rings. The van der Waals surface area contributed by atoms with E-state index in [1.807, 2.05) is 52.0 Å². The molecule has 1 saturated heterocycles. The fourth-order valence-corrected chi connectivity index (χ4v) is 3.83. The van der Waals surface area contributed by atoms with Gasteiger partial charge in [-0.2, -0.15) is 0 Å². The summed E-state index contributed by atoms with van der Waals surface area (Å²) in [6.07, 6.45) is 1.49. The van der Waals surface area contributed by atoms with Gasteiger partial charge in [-0.1, -0.05) is 32.0 Å². The van der Waals surface area contributed by atoms with Gasteiger partial charge in [-0.25, -0.2) is 0 Å². The number of hydrogen-bond donors (Lipinski definition) is 1. The summed E-state index contributed by atoms with van der Waals surface area (Å²) in [7, 11) is 0. The van der Waals surface area contributed by atoms with Gasteiger partial charge in [0.25, 0.3) is 11.7 Å². The van der Waals surface area contributed by atoms with Crippen molar-refractivity contribution in [1.82, 2.24) is 4.90 Å². The molecule has 6 nitrogen and oxygen atoms in total. The minimum absolute atomic E-state index is 0.0745. The second-order valence-electron chi connectivity index (χ2n) is 8.07. The average Bonchev–Trinajstić information content (AvgIpc) is 3.03. The topological polar surface area (TPSA) is 76.1 Å². The normalized spacial score (nSPS) is 17.8. The number of aliphatic hydroxyl groups excluding tert-OH is 1. The van der Waals surface area contributed by atoms with Crippen molar-refractivity contribution in [1.29, 1.82) is 0 Å². The summed E-state index contributed by atoms with van der Waals surface area (Å²) >= 11 is 0. The summed E-state index contributed by atoms with van der Waals surface area (Å²) in [5.74, 6) is -0.229. The number of hydrogen-bond acceptors (Lipinski definition) is 5. The zero-order chi connectivity index (χ0) is 23.3. The first-order valence-electron chi connectivity index (χ1n) is 11.2. The van der Waals surface area contributed by atoms with Crippen molar-refractivity contribution in [3.63, 3.8) is 0 Å². The van der Waals surface area contributed by atoms with Crippen LogP contribution in [0.15, 0.2) is 54.1 Å². The van der Waals surface area contributed by atoms with E-state index in [0.717, 1.165) is 6.42 Å². The Kier molecular flexibility index (Phi) is 7.57. The second-order valence-corrected chi connectivity index (χ2v) is 8.07. The largest absolute Gasteiger partial charge is 0.507 e. The van der Waals surface area contributed by atoms with Crippen LogP contribution in [-0.4, -0.2) is 41.0 Å². The van der Waals surface area contributed by atoms with E-state index >= 15 is 0 Å². The predicted molar refractivity (Wildman–Crippen MR) is 124 cm³/mol. The number of carbonyl (C=O) groups is 2. The first-order chi connectivity index (χ1) is 15.4. The first kappa shape index (κ1) is 23.4. The smallest absolute Gasteiger partial charge is 0.295 e. The van der Waals surface area contributed by atoms with Crippen LogP contribution >= 0.6 is 0 Å². The Morgan fingerprint density at radius 1 is 1.03 bits per heavy atom. The number of Topliss-reactive ketones (excluding diaryl/α,β-unsaturated/α-hetero) is 1. The Balaban J connectivity index is 2.12. The van der Waals surface area contributed by atoms with Gasteiger partial charge in [0, 0.05) is 17.7 Å². The third-order valence-electron chi connectivity index (χ3n) is 5.18. The molecule has 1 aliphatic rings. The third kappa shape index (κ3) is 4.79. The molecule has 1 amide bonds. The molecule has 1 N–H and O–H groups in total. The maximum atomic E-state index is 13.1. The highest BCUT2D eigenvalue weighted by Crippen LogP contribution is 2.43. The van der Waals surface area contributed by atoms with Gasteiger partial charge in [0.05, 0.1) is 24.3 Å². The van der Waals surface area contributed by atoms with Gasteiger partial charge in [0.2, 0.25) is 0 Å². The van der Waals surface area contributed by atoms with E-state index in [2.05, 4.69) is 0 Å². The van der Waals surface area contributed by atoms with Crippen molar-refractivity contribution in [3.8, 4) is 11.5 Å². The van der Waals surface area contributed by atoms with Crippen LogP contribution in [0, 0.1) is 0 Å². The monoisotopic (exact) mass is 437 g/mol. The molecule has 0 aliphatic carbocycles. The molecule has 6 heteroatoms. The summed E-state index contributed by atoms with van der Waals surface area (Å²) in [6, 6.07) is 13.5. The van der Waals surface area contributed by atoms with Crippen molar-refractivity contribution in [3.05, 3.63) is 65.2 Å². The fraction of sp³-hybridized carbons (Fsp3) is 0.385. The van der Waals surface area contributed by atoms with E-state index < -0.39 is 17.7 Å². The van der Waals surface area contributed by atoms with E-state index in [0.29, 0.717) is 42.2 Å². The van der Waals surface area contributed by atoms with Crippen molar-refractivity contribution in [2.24, 2.45) is 0 Å². The van der Waals surface area contributed by atoms with Gasteiger partial charge >= 0.3 is 0 Å². The van der Waals surface area contributed by atoms with E-state index in [9.17, 15) is 14.7 Å². The van der Waals surface area contributed by atoms with E-state index in [1.165, 1.54) is 4.90 Å². The van der Waals surface area contributed by atoms with Crippen LogP contribution in [0.2, 0.25) is 0 Å². The molecule has 0 saturated carbocycles. The SMILES string of the molecule is CCCOc1ccc(/C(O)=C2/C(=O)C(=O)N(CCC)C2c2ccccc2OC(C)C)cc1. The molecular weight excluding hydrogens is 406 g/mol. The number of likely N-dealkylation sites (tertiary alicyclic amines) is 1. The quantitative estimate of drug-likeness (QED) is 0.336. The molecule has 2 aromatic carbocycles. The summed E-state index contributed by atoms with van der Waals surface area (Å²) in [5.41, 5.74) is 1.21. The van der Waals surface area contributed by atoms with Crippen molar-refractivity contribution >= 4 is 17.4 Å². The van der Waals surface area contributed by atoms with Gasteiger partial charge in [0.15, 0.2) is 0 Å². The summed E-state index contributed by atoms with van der Waals surface area (Å²) in [4.78, 5) is 27.5. The predicted octanol–water partition coefficient (Wildman–Crippen LogP) is 5.09. The highest BCUT2D eigenvalue weighted by atomic mass is 16.5. The molecule has 170 valence electrons. The standard InChI is InChI=1S/C26H31NO5/c1-5-15-27-23(20-9-7-8-10-21(20)32-17(3)4)22(25(29)26(27)30)24(28)18-11-13-19(14-12-18)31-16-6-2/h7-14,17,23,28H,5-6,15-16H2,1-4H3/b24-22-. The molecule has 1 heterocycles. The summed E-state index contributed by atoms with van der Waals surface area (Å²) in [6.45, 7) is 8.80. The van der Waals surface area contributed by atoms with Crippen LogP contribution in [-0.2, 0) is 9.59 Å². The minimum atomic E-state index is -0.721. The van der Waals surface area contributed by atoms with Crippen LogP contribution in [0.4, 0.5) is 0 Å². The van der Waals surface area contributed by atoms with Gasteiger partial charge in [-0.3, -0.25) is 9.59 Å². The third-order valence-corrected chi connectivity index (χ3v) is 5.18. The molecule has 0 bridgehead atoms. The lowest BCUT2D eigenvalue weighted by Gasteiger charge is -2.27. The van der Waals surface area contributed by atoms with Crippen LogP contribution in [0.5, 0.6) is 11.5 Å². The van der Waals surface area contributed by atoms with Crippen LogP contribution in [0.1, 0.15) is 57.7 Å². The Labute approximate surface area is 189 Å². The van der Waals surface area contributed by atoms with Crippen LogP contribution in [0.3, 0.4) is 0 Å². The second kappa shape index (κ2) is 10.4. The highest BCUT2D eigenvalue weighted by molar-refractivity contribution is 6.46. The molecule has 0 radical (unpaired) electrons. The average molecular weight is 438 g/mol. The molecular formula is C26H31NO5. The van der Waals surface area contributed by atoms with Gasteiger partial charge in [-0.15, -0.1) is 0 Å². The van der Waals surface area contributed by atoms with Crippen molar-refractivity contribution in [2.45, 2.75) is 52.7 Å². The Morgan fingerprint density at radius 2 is 1.72 bits per heavy atom. The summed E-state index contributed by atoms with van der Waals surface area (Å²) < 4.78 is 11.6. The molecule has 2 aromatic rings. The minimum Gasteiger partial charge on any atom is -0.507 e. The molecule has 0 spiro atoms. The molecule has 32 heavy (non-hydrogen) atoms. The lowest BCUT2D eigenvalue weighted by molar-refractivity contribution is -0.139. The molecule has 0 aromatic heterocycles. The number of rotatable bonds is 9. The maximum absolute atomic E-state index is 13.1. The van der Waals surface area contributed by atoms with E-state index in [4.69, 9.17) is 9.47 Å². The molecule has 1 unspecified atom stereocenters. The van der Waals surface area contributed by atoms with Crippen molar-refractivity contribution < 1.29 is 24.2 Å². The Morgan fingerprint density at radius 3 is 2.34 bits per heavy atom. The lowest BCUT2D eigenvalue weighted by atomic mass is 9.94. The van der Waals surface area contributed by atoms with Crippen LogP contribution in [0.25, 0.3) is 5.76 Å². The molecule has 1 aliphatic heterocycles.